The molecule has 180 valence electrons. The zero-order chi connectivity index (χ0) is 24.2. The first-order chi connectivity index (χ1) is 17.1. The van der Waals surface area contributed by atoms with Gasteiger partial charge in [0.05, 0.1) is 31.7 Å². The lowest BCUT2D eigenvalue weighted by atomic mass is 10.1. The Labute approximate surface area is 202 Å². The van der Waals surface area contributed by atoms with Crippen molar-refractivity contribution in [1.29, 1.82) is 0 Å². The number of nitrogens with zero attached hydrogens (tertiary/aromatic N) is 4. The van der Waals surface area contributed by atoms with E-state index in [0.29, 0.717) is 18.9 Å². The van der Waals surface area contributed by atoms with Crippen molar-refractivity contribution in [3.05, 3.63) is 71.7 Å². The van der Waals surface area contributed by atoms with Crippen molar-refractivity contribution in [2.24, 2.45) is 0 Å². The van der Waals surface area contributed by atoms with Crippen LogP contribution in [0.25, 0.3) is 10.9 Å². The first-order valence-corrected chi connectivity index (χ1v) is 11.6. The summed E-state index contributed by atoms with van der Waals surface area (Å²) in [5, 5.41) is 18.3. The van der Waals surface area contributed by atoms with Crippen LogP contribution in [0.3, 0.4) is 0 Å². The summed E-state index contributed by atoms with van der Waals surface area (Å²) in [6.07, 6.45) is 6.27. The molecule has 0 aliphatic carbocycles. The molecule has 1 aromatic carbocycles. The maximum absolute atomic E-state index is 11.5. The molecule has 35 heavy (non-hydrogen) atoms. The maximum Gasteiger partial charge on any atom is 0.305 e. The zero-order valence-corrected chi connectivity index (χ0v) is 19.5. The maximum atomic E-state index is 11.5. The number of hydrogen-bond donors (Lipinski definition) is 2. The molecule has 1 atom stereocenters. The van der Waals surface area contributed by atoms with Crippen molar-refractivity contribution in [2.45, 2.75) is 31.7 Å². The first kappa shape index (κ1) is 22.6. The molecule has 0 fully saturated rings. The van der Waals surface area contributed by atoms with E-state index in [-0.39, 0.29) is 6.42 Å². The van der Waals surface area contributed by atoms with Gasteiger partial charge in [-0.1, -0.05) is 6.07 Å². The predicted molar refractivity (Wildman–Crippen MR) is 131 cm³/mol. The van der Waals surface area contributed by atoms with Crippen LogP contribution in [0.5, 0.6) is 11.6 Å². The van der Waals surface area contributed by atoms with Gasteiger partial charge in [-0.3, -0.25) is 9.48 Å². The van der Waals surface area contributed by atoms with E-state index >= 15 is 0 Å². The molecule has 1 aliphatic heterocycles. The van der Waals surface area contributed by atoms with E-state index in [0.717, 1.165) is 53.1 Å². The van der Waals surface area contributed by atoms with E-state index in [1.165, 1.54) is 12.7 Å². The summed E-state index contributed by atoms with van der Waals surface area (Å²) in [5.74, 6) is 1.28. The molecular weight excluding hydrogens is 446 g/mol. The van der Waals surface area contributed by atoms with E-state index in [4.69, 9.17) is 14.5 Å². The summed E-state index contributed by atoms with van der Waals surface area (Å²) in [6, 6.07) is 12.9. The summed E-state index contributed by atoms with van der Waals surface area (Å²) in [4.78, 5) is 20.5. The lowest BCUT2D eigenvalue weighted by Crippen LogP contribution is -2.16. The number of fused-ring (bicyclic) bond motifs is 2. The molecule has 0 radical (unpaired) electrons. The molecule has 4 aromatic rings. The van der Waals surface area contributed by atoms with Gasteiger partial charge in [0.15, 0.2) is 0 Å². The second-order valence-electron chi connectivity index (χ2n) is 8.52. The van der Waals surface area contributed by atoms with Crippen LogP contribution in [0.15, 0.2) is 54.9 Å². The number of benzene rings is 1. The smallest absolute Gasteiger partial charge is 0.305 e. The second-order valence-corrected chi connectivity index (χ2v) is 8.52. The van der Waals surface area contributed by atoms with E-state index in [1.54, 1.807) is 16.9 Å². The highest BCUT2D eigenvalue weighted by Gasteiger charge is 2.20. The largest absolute Gasteiger partial charge is 0.493 e. The van der Waals surface area contributed by atoms with Crippen LogP contribution in [-0.2, 0) is 17.6 Å². The van der Waals surface area contributed by atoms with E-state index in [9.17, 15) is 9.90 Å². The van der Waals surface area contributed by atoms with E-state index in [2.05, 4.69) is 27.5 Å². The van der Waals surface area contributed by atoms with Crippen LogP contribution < -0.4 is 14.8 Å². The van der Waals surface area contributed by atoms with Gasteiger partial charge >= 0.3 is 5.97 Å². The summed E-state index contributed by atoms with van der Waals surface area (Å²) < 4.78 is 12.8. The third-order valence-corrected chi connectivity index (χ3v) is 6.11. The van der Waals surface area contributed by atoms with Gasteiger partial charge in [0.1, 0.15) is 11.6 Å². The standard InChI is InChI=1S/C26H27N5O4/c1-34-24-9-5-18(15-28-24)23(14-25(32)33)31-16-19-13-21(7-8-22(19)30-31)35-12-10-20-6-4-17-3-2-11-27-26(17)29-20/h4-9,13,15-16,23H,2-3,10-12,14H2,1H3,(H,27,29)(H,32,33)/t23-/m0/s1. The summed E-state index contributed by atoms with van der Waals surface area (Å²) in [6.45, 7) is 1.47. The van der Waals surface area contributed by atoms with Crippen LogP contribution in [0.1, 0.15) is 35.7 Å². The summed E-state index contributed by atoms with van der Waals surface area (Å²) >= 11 is 0. The molecule has 3 aromatic heterocycles. The van der Waals surface area contributed by atoms with Gasteiger partial charge in [-0.15, -0.1) is 0 Å². The minimum atomic E-state index is -0.916. The van der Waals surface area contributed by atoms with Gasteiger partial charge in [0.2, 0.25) is 5.88 Å². The Kier molecular flexibility index (Phi) is 6.47. The number of aryl methyl sites for hydroxylation is 1. The van der Waals surface area contributed by atoms with Crippen molar-refractivity contribution < 1.29 is 19.4 Å². The molecule has 5 rings (SSSR count). The van der Waals surface area contributed by atoms with Crippen molar-refractivity contribution in [1.82, 2.24) is 19.7 Å². The van der Waals surface area contributed by atoms with Gasteiger partial charge < -0.3 is 19.9 Å². The van der Waals surface area contributed by atoms with Crippen LogP contribution in [0.4, 0.5) is 5.82 Å². The molecule has 0 spiro atoms. The molecule has 1 aliphatic rings. The van der Waals surface area contributed by atoms with Gasteiger partial charge in [0.25, 0.3) is 0 Å². The minimum Gasteiger partial charge on any atom is -0.493 e. The molecule has 4 heterocycles. The van der Waals surface area contributed by atoms with Crippen LogP contribution >= 0.6 is 0 Å². The fourth-order valence-corrected chi connectivity index (χ4v) is 4.29. The number of carbonyl (C=O) groups is 1. The Morgan fingerprint density at radius 2 is 2.14 bits per heavy atom. The van der Waals surface area contributed by atoms with E-state index < -0.39 is 12.0 Å². The number of ether oxygens (including phenoxy) is 2. The summed E-state index contributed by atoms with van der Waals surface area (Å²) in [5.41, 5.74) is 3.77. The fraction of sp³-hybridized carbons (Fsp3) is 0.308. The van der Waals surface area contributed by atoms with Crippen LogP contribution in [-0.4, -0.2) is 51.1 Å². The second kappa shape index (κ2) is 10.0. The number of carboxylic acid groups (broad SMARTS) is 1. The number of rotatable bonds is 9. The topological polar surface area (TPSA) is 111 Å². The van der Waals surface area contributed by atoms with Gasteiger partial charge in [-0.05, 0) is 54.3 Å². The van der Waals surface area contributed by atoms with Crippen LogP contribution in [0.2, 0.25) is 0 Å². The average Bonchev–Trinajstić information content (AvgIpc) is 3.30. The predicted octanol–water partition coefficient (Wildman–Crippen LogP) is 3.88. The SMILES string of the molecule is COc1ccc([C@H](CC(=O)O)n2cc3cc(OCCc4ccc5c(n4)NCCC5)ccc3n2)cn1. The van der Waals surface area contributed by atoms with Gasteiger partial charge in [0, 0.05) is 42.5 Å². The quantitative estimate of drug-likeness (QED) is 0.377. The lowest BCUT2D eigenvalue weighted by Gasteiger charge is -2.17. The Morgan fingerprint density at radius 1 is 1.23 bits per heavy atom. The Bertz CT molecular complexity index is 1340. The van der Waals surface area contributed by atoms with Gasteiger partial charge in [-0.25, -0.2) is 9.97 Å². The average molecular weight is 474 g/mol. The highest BCUT2D eigenvalue weighted by Crippen LogP contribution is 2.27. The molecule has 0 saturated heterocycles. The van der Waals surface area contributed by atoms with Crippen molar-refractivity contribution >= 4 is 22.7 Å². The normalized spacial score (nSPS) is 13.6. The van der Waals surface area contributed by atoms with Gasteiger partial charge in [-0.2, -0.15) is 5.10 Å². The monoisotopic (exact) mass is 473 g/mol. The van der Waals surface area contributed by atoms with E-state index in [1.807, 2.05) is 30.5 Å². The number of methoxy groups -OCH3 is 1. The van der Waals surface area contributed by atoms with Crippen molar-refractivity contribution in [3.63, 3.8) is 0 Å². The third-order valence-electron chi connectivity index (χ3n) is 6.11. The fourth-order valence-electron chi connectivity index (χ4n) is 4.29. The number of aliphatic carboxylic acids is 1. The number of anilines is 1. The molecule has 9 nitrogen and oxygen atoms in total. The number of nitrogens with one attached hydrogen (secondary N) is 1. The third kappa shape index (κ3) is 5.18. The molecule has 0 amide bonds. The van der Waals surface area contributed by atoms with Crippen molar-refractivity contribution in [2.75, 3.05) is 25.6 Å². The molecule has 0 unspecified atom stereocenters. The first-order valence-electron chi connectivity index (χ1n) is 11.6. The molecule has 9 heteroatoms. The zero-order valence-electron chi connectivity index (χ0n) is 19.5. The summed E-state index contributed by atoms with van der Waals surface area (Å²) in [7, 11) is 1.54. The number of aromatic nitrogens is 4. The molecule has 0 bridgehead atoms. The lowest BCUT2D eigenvalue weighted by molar-refractivity contribution is -0.137. The highest BCUT2D eigenvalue weighted by atomic mass is 16.5. The molecular formula is C26H27N5O4. The highest BCUT2D eigenvalue weighted by molar-refractivity contribution is 5.80. The number of pyridine rings is 2. The molecule has 0 saturated carbocycles. The van der Waals surface area contributed by atoms with Crippen molar-refractivity contribution in [3.8, 4) is 11.6 Å². The minimum absolute atomic E-state index is 0.117. The Balaban J connectivity index is 1.29. The van der Waals surface area contributed by atoms with Crippen LogP contribution in [0, 0.1) is 0 Å². The Morgan fingerprint density at radius 3 is 2.94 bits per heavy atom. The Hall–Kier alpha value is -4.14. The molecule has 2 N–H and O–H groups in total. The number of carboxylic acids is 1. The number of hydrogen-bond acceptors (Lipinski definition) is 7.